The second-order valence-corrected chi connectivity index (χ2v) is 6.89. The summed E-state index contributed by atoms with van der Waals surface area (Å²) < 4.78 is 5.52. The van der Waals surface area contributed by atoms with Gasteiger partial charge in [-0.15, -0.1) is 11.8 Å². The molecule has 2 rings (SSSR count). The van der Waals surface area contributed by atoms with Crippen molar-refractivity contribution in [3.05, 3.63) is 35.4 Å². The standard InChI is InChI=1S/C17H25NO2S/c1-13-7-3-6-10-15(13)16(20-2)11-18-17(19)12-21-14-8-4-5-9-14/h3,6-7,10,14,16H,4-5,8-9,11-12H2,1-2H3,(H,18,19)/t16-/m0/s1. The lowest BCUT2D eigenvalue weighted by Crippen LogP contribution is -2.31. The van der Waals surface area contributed by atoms with Crippen LogP contribution in [0.3, 0.4) is 0 Å². The molecule has 0 aliphatic heterocycles. The number of carbonyl (C=O) groups is 1. The van der Waals surface area contributed by atoms with E-state index in [2.05, 4.69) is 24.4 Å². The Labute approximate surface area is 131 Å². The molecule has 1 aromatic rings. The van der Waals surface area contributed by atoms with Gasteiger partial charge in [-0.3, -0.25) is 4.79 Å². The first-order valence-electron chi connectivity index (χ1n) is 7.67. The number of carbonyl (C=O) groups excluding carboxylic acids is 1. The average Bonchev–Trinajstić information content (AvgIpc) is 3.01. The fourth-order valence-corrected chi connectivity index (χ4v) is 3.93. The van der Waals surface area contributed by atoms with E-state index < -0.39 is 0 Å². The van der Waals surface area contributed by atoms with E-state index in [9.17, 15) is 4.79 Å². The lowest BCUT2D eigenvalue weighted by atomic mass is 10.0. The third-order valence-corrected chi connectivity index (χ3v) is 5.43. The monoisotopic (exact) mass is 307 g/mol. The second kappa shape index (κ2) is 8.44. The topological polar surface area (TPSA) is 38.3 Å². The number of hydrogen-bond donors (Lipinski definition) is 1. The summed E-state index contributed by atoms with van der Waals surface area (Å²) in [4.78, 5) is 11.9. The van der Waals surface area contributed by atoms with E-state index >= 15 is 0 Å². The summed E-state index contributed by atoms with van der Waals surface area (Å²) in [6.45, 7) is 2.60. The van der Waals surface area contributed by atoms with Crippen molar-refractivity contribution >= 4 is 17.7 Å². The van der Waals surface area contributed by atoms with E-state index in [0.717, 1.165) is 5.56 Å². The SMILES string of the molecule is CO[C@@H](CNC(=O)CSC1CCCC1)c1ccccc1C. The third kappa shape index (κ3) is 5.04. The summed E-state index contributed by atoms with van der Waals surface area (Å²) >= 11 is 1.80. The van der Waals surface area contributed by atoms with Gasteiger partial charge in [0.1, 0.15) is 0 Å². The molecule has 3 nitrogen and oxygen atoms in total. The van der Waals surface area contributed by atoms with Crippen LogP contribution >= 0.6 is 11.8 Å². The number of hydrogen-bond acceptors (Lipinski definition) is 3. The minimum Gasteiger partial charge on any atom is -0.375 e. The maximum Gasteiger partial charge on any atom is 0.230 e. The van der Waals surface area contributed by atoms with Gasteiger partial charge in [-0.2, -0.15) is 0 Å². The average molecular weight is 307 g/mol. The van der Waals surface area contributed by atoms with Gasteiger partial charge in [0.15, 0.2) is 0 Å². The maximum atomic E-state index is 11.9. The van der Waals surface area contributed by atoms with E-state index in [4.69, 9.17) is 4.74 Å². The first-order chi connectivity index (χ1) is 10.2. The highest BCUT2D eigenvalue weighted by atomic mass is 32.2. The second-order valence-electron chi connectivity index (χ2n) is 5.60. The highest BCUT2D eigenvalue weighted by Crippen LogP contribution is 2.29. The van der Waals surface area contributed by atoms with Gasteiger partial charge in [-0.25, -0.2) is 0 Å². The Morgan fingerprint density at radius 2 is 2.10 bits per heavy atom. The van der Waals surface area contributed by atoms with Crippen molar-refractivity contribution in [2.45, 2.75) is 44.0 Å². The van der Waals surface area contributed by atoms with Gasteiger partial charge in [0.2, 0.25) is 5.91 Å². The van der Waals surface area contributed by atoms with Crippen LogP contribution in [0.1, 0.15) is 42.9 Å². The van der Waals surface area contributed by atoms with Crippen molar-refractivity contribution in [3.8, 4) is 0 Å². The van der Waals surface area contributed by atoms with Crippen LogP contribution < -0.4 is 5.32 Å². The minimum absolute atomic E-state index is 0.0772. The molecule has 0 unspecified atom stereocenters. The van der Waals surface area contributed by atoms with Crippen LogP contribution in [0, 0.1) is 6.92 Å². The number of aryl methyl sites for hydroxylation is 1. The van der Waals surface area contributed by atoms with Gasteiger partial charge in [-0.05, 0) is 30.9 Å². The molecule has 0 saturated heterocycles. The predicted octanol–water partition coefficient (Wildman–Crippen LogP) is 3.47. The Morgan fingerprint density at radius 1 is 1.38 bits per heavy atom. The quantitative estimate of drug-likeness (QED) is 0.838. The third-order valence-electron chi connectivity index (χ3n) is 4.06. The largest absolute Gasteiger partial charge is 0.375 e. The molecule has 1 atom stereocenters. The molecule has 1 fully saturated rings. The zero-order valence-electron chi connectivity index (χ0n) is 12.9. The molecule has 0 heterocycles. The van der Waals surface area contributed by atoms with Crippen LogP contribution in [0.5, 0.6) is 0 Å². The molecule has 0 aromatic heterocycles. The molecule has 0 bridgehead atoms. The predicted molar refractivity (Wildman–Crippen MR) is 88.7 cm³/mol. The van der Waals surface area contributed by atoms with Crippen molar-refractivity contribution in [1.29, 1.82) is 0 Å². The molecule has 4 heteroatoms. The maximum absolute atomic E-state index is 11.9. The number of thioether (sulfide) groups is 1. The van der Waals surface area contributed by atoms with Crippen molar-refractivity contribution in [1.82, 2.24) is 5.32 Å². The zero-order chi connectivity index (χ0) is 15.1. The van der Waals surface area contributed by atoms with E-state index in [1.165, 1.54) is 31.2 Å². The minimum atomic E-state index is -0.0772. The zero-order valence-corrected chi connectivity index (χ0v) is 13.7. The van der Waals surface area contributed by atoms with Crippen molar-refractivity contribution in [3.63, 3.8) is 0 Å². The van der Waals surface area contributed by atoms with Crippen LogP contribution in [-0.2, 0) is 9.53 Å². The Kier molecular flexibility index (Phi) is 6.58. The molecule has 1 aliphatic rings. The van der Waals surface area contributed by atoms with E-state index in [-0.39, 0.29) is 12.0 Å². The van der Waals surface area contributed by atoms with Crippen molar-refractivity contribution in [2.24, 2.45) is 0 Å². The van der Waals surface area contributed by atoms with Crippen LogP contribution in [0.25, 0.3) is 0 Å². The van der Waals surface area contributed by atoms with Crippen LogP contribution in [0.4, 0.5) is 0 Å². The Morgan fingerprint density at radius 3 is 2.76 bits per heavy atom. The highest BCUT2D eigenvalue weighted by molar-refractivity contribution is 8.00. The Bertz CT molecular complexity index is 458. The number of nitrogens with one attached hydrogen (secondary N) is 1. The Hall–Kier alpha value is -1.00. The summed E-state index contributed by atoms with van der Waals surface area (Å²) in [7, 11) is 1.69. The van der Waals surface area contributed by atoms with Crippen molar-refractivity contribution < 1.29 is 9.53 Å². The fraction of sp³-hybridized carbons (Fsp3) is 0.588. The molecule has 1 saturated carbocycles. The van der Waals surface area contributed by atoms with Crippen LogP contribution in [0.2, 0.25) is 0 Å². The number of amides is 1. The summed E-state index contributed by atoms with van der Waals surface area (Å²) in [6, 6.07) is 8.15. The molecule has 1 aromatic carbocycles. The molecular weight excluding hydrogens is 282 g/mol. The molecular formula is C17H25NO2S. The van der Waals surface area contributed by atoms with E-state index in [1.807, 2.05) is 12.1 Å². The normalized spacial score (nSPS) is 16.9. The van der Waals surface area contributed by atoms with Gasteiger partial charge in [0.05, 0.1) is 11.9 Å². The van der Waals surface area contributed by atoms with Gasteiger partial charge in [0.25, 0.3) is 0 Å². The summed E-state index contributed by atoms with van der Waals surface area (Å²) in [6.07, 6.45) is 5.09. The first kappa shape index (κ1) is 16.4. The number of rotatable bonds is 7. The summed E-state index contributed by atoms with van der Waals surface area (Å²) in [5, 5.41) is 3.68. The summed E-state index contributed by atoms with van der Waals surface area (Å²) in [5.41, 5.74) is 2.34. The number of benzene rings is 1. The molecule has 0 radical (unpaired) electrons. The van der Waals surface area contributed by atoms with Gasteiger partial charge in [0, 0.05) is 18.9 Å². The van der Waals surface area contributed by atoms with E-state index in [1.54, 1.807) is 18.9 Å². The van der Waals surface area contributed by atoms with Gasteiger partial charge < -0.3 is 10.1 Å². The smallest absolute Gasteiger partial charge is 0.230 e. The fourth-order valence-electron chi connectivity index (χ4n) is 2.77. The summed E-state index contributed by atoms with van der Waals surface area (Å²) in [5.74, 6) is 0.678. The van der Waals surface area contributed by atoms with Crippen LogP contribution in [0.15, 0.2) is 24.3 Å². The van der Waals surface area contributed by atoms with E-state index in [0.29, 0.717) is 17.5 Å². The van der Waals surface area contributed by atoms with Crippen LogP contribution in [-0.4, -0.2) is 30.6 Å². The lowest BCUT2D eigenvalue weighted by Gasteiger charge is -2.18. The molecule has 1 amide bonds. The lowest BCUT2D eigenvalue weighted by molar-refractivity contribution is -0.119. The number of methoxy groups -OCH3 is 1. The Balaban J connectivity index is 1.77. The molecule has 116 valence electrons. The first-order valence-corrected chi connectivity index (χ1v) is 8.72. The number of ether oxygens (including phenoxy) is 1. The van der Waals surface area contributed by atoms with Gasteiger partial charge >= 0.3 is 0 Å². The molecule has 0 spiro atoms. The highest BCUT2D eigenvalue weighted by Gasteiger charge is 2.18. The van der Waals surface area contributed by atoms with Gasteiger partial charge in [-0.1, -0.05) is 37.1 Å². The van der Waals surface area contributed by atoms with Crippen molar-refractivity contribution in [2.75, 3.05) is 19.4 Å². The molecule has 1 N–H and O–H groups in total. The molecule has 21 heavy (non-hydrogen) atoms. The molecule has 1 aliphatic carbocycles.